The van der Waals surface area contributed by atoms with Gasteiger partial charge in [-0.15, -0.1) is 11.3 Å². The molecule has 5 heterocycles. The first-order chi connectivity index (χ1) is 30.2. The van der Waals surface area contributed by atoms with Gasteiger partial charge in [-0.05, 0) is 95.7 Å². The molecule has 15 aromatic rings. The van der Waals surface area contributed by atoms with E-state index in [1.807, 2.05) is 23.5 Å². The maximum absolute atomic E-state index is 6.54. The van der Waals surface area contributed by atoms with Gasteiger partial charge in [0.25, 0.3) is 0 Å². The molecule has 0 amide bonds. The topological polar surface area (TPSA) is 36.1 Å². The average Bonchev–Trinajstić information content (AvgIpc) is 4.11. The second-order valence-corrected chi connectivity index (χ2v) is 17.5. The highest BCUT2D eigenvalue weighted by Crippen LogP contribution is 2.44. The third-order valence-corrected chi connectivity index (χ3v) is 14.4. The first-order valence-electron chi connectivity index (χ1n) is 20.7. The van der Waals surface area contributed by atoms with Crippen LogP contribution in [-0.2, 0) is 0 Å². The molecule has 0 N–H and O–H groups in total. The summed E-state index contributed by atoms with van der Waals surface area (Å²) in [5, 5.41) is 16.7. The first-order valence-corrected chi connectivity index (χ1v) is 21.5. The van der Waals surface area contributed by atoms with Crippen LogP contribution in [0.5, 0.6) is 0 Å². The van der Waals surface area contributed by atoms with Gasteiger partial charge in [-0.3, -0.25) is 0 Å². The van der Waals surface area contributed by atoms with Crippen molar-refractivity contribution in [2.24, 2.45) is 0 Å². The number of para-hydroxylation sites is 4. The number of aromatic nitrogens is 2. The minimum absolute atomic E-state index is 0.916. The molecule has 0 saturated carbocycles. The van der Waals surface area contributed by atoms with Gasteiger partial charge in [-0.1, -0.05) is 97.1 Å². The van der Waals surface area contributed by atoms with E-state index in [-0.39, 0.29) is 0 Å². The van der Waals surface area contributed by atoms with Crippen LogP contribution in [0.1, 0.15) is 0 Å². The van der Waals surface area contributed by atoms with E-state index < -0.39 is 0 Å². The van der Waals surface area contributed by atoms with Crippen molar-refractivity contribution in [1.82, 2.24) is 9.13 Å². The fourth-order valence-corrected chi connectivity index (χ4v) is 11.7. The van der Waals surface area contributed by atoms with E-state index in [1.165, 1.54) is 74.6 Å². The standard InChI is InChI=1S/C56H30N2O2S/c1-5-13-47-35(9-1)45-25-31-17-21-41-37-11-3-7-15-51(37)59-55(41)43(31)29-49(45)57(47)33-19-23-39-40-24-20-34(28-54(40)61-53(39)27-33)58-48-14-6-2-10-36(48)46-26-32-18-22-42-38-12-4-8-16-52(38)60-56(42)44(32)30-50(46)58/h1-30H. The molecule has 0 radical (unpaired) electrons. The Morgan fingerprint density at radius 2 is 0.721 bits per heavy atom. The molecule has 0 unspecified atom stereocenters. The Morgan fingerprint density at radius 3 is 1.21 bits per heavy atom. The van der Waals surface area contributed by atoms with E-state index in [0.29, 0.717) is 0 Å². The van der Waals surface area contributed by atoms with Gasteiger partial charge >= 0.3 is 0 Å². The lowest BCUT2D eigenvalue weighted by atomic mass is 10.0. The molecule has 0 spiro atoms. The average molecular weight is 795 g/mol. The number of fused-ring (bicyclic) bond motifs is 19. The summed E-state index contributed by atoms with van der Waals surface area (Å²) in [6, 6.07) is 66.4. The van der Waals surface area contributed by atoms with Crippen LogP contribution < -0.4 is 0 Å². The lowest BCUT2D eigenvalue weighted by Gasteiger charge is -2.09. The van der Waals surface area contributed by atoms with Crippen molar-refractivity contribution in [3.05, 3.63) is 182 Å². The van der Waals surface area contributed by atoms with E-state index in [9.17, 15) is 0 Å². The number of benzene rings is 10. The van der Waals surface area contributed by atoms with Crippen LogP contribution in [0.25, 0.3) is 141 Å². The molecule has 5 aromatic heterocycles. The molecule has 10 aromatic carbocycles. The molecule has 15 rings (SSSR count). The summed E-state index contributed by atoms with van der Waals surface area (Å²) in [5.41, 5.74) is 10.7. The van der Waals surface area contributed by atoms with E-state index in [4.69, 9.17) is 8.83 Å². The van der Waals surface area contributed by atoms with Crippen molar-refractivity contribution < 1.29 is 8.83 Å². The van der Waals surface area contributed by atoms with E-state index in [2.05, 4.69) is 179 Å². The molecular weight excluding hydrogens is 765 g/mol. The Kier molecular flexibility index (Phi) is 6.01. The molecule has 0 aliphatic heterocycles. The Bertz CT molecular complexity index is 4140. The number of hydrogen-bond acceptors (Lipinski definition) is 3. The van der Waals surface area contributed by atoms with Crippen molar-refractivity contribution in [2.75, 3.05) is 0 Å². The zero-order valence-corrected chi connectivity index (χ0v) is 33.3. The molecule has 0 saturated heterocycles. The molecule has 282 valence electrons. The van der Waals surface area contributed by atoms with Crippen molar-refractivity contribution >= 4 is 141 Å². The Balaban J connectivity index is 0.933. The van der Waals surface area contributed by atoms with Gasteiger partial charge in [0.15, 0.2) is 0 Å². The number of furan rings is 2. The zero-order valence-electron chi connectivity index (χ0n) is 32.4. The van der Waals surface area contributed by atoms with Crippen LogP contribution >= 0.6 is 11.3 Å². The predicted molar refractivity (Wildman–Crippen MR) is 258 cm³/mol. The molecule has 4 nitrogen and oxygen atoms in total. The smallest absolute Gasteiger partial charge is 0.143 e. The molecule has 0 fully saturated rings. The van der Waals surface area contributed by atoms with Crippen LogP contribution in [0.15, 0.2) is 191 Å². The Morgan fingerprint density at radius 1 is 0.295 bits per heavy atom. The molecule has 0 aliphatic carbocycles. The monoisotopic (exact) mass is 794 g/mol. The Labute approximate surface area is 350 Å². The maximum Gasteiger partial charge on any atom is 0.143 e. The van der Waals surface area contributed by atoms with E-state index in [0.717, 1.165) is 66.0 Å². The number of hydrogen-bond donors (Lipinski definition) is 0. The summed E-state index contributed by atoms with van der Waals surface area (Å²) < 4.78 is 20.5. The van der Waals surface area contributed by atoms with Gasteiger partial charge < -0.3 is 18.0 Å². The molecule has 61 heavy (non-hydrogen) atoms. The van der Waals surface area contributed by atoms with Crippen LogP contribution in [0.3, 0.4) is 0 Å². The van der Waals surface area contributed by atoms with Gasteiger partial charge in [0, 0.05) is 85.4 Å². The third-order valence-electron chi connectivity index (χ3n) is 13.3. The largest absolute Gasteiger partial charge is 0.455 e. The second-order valence-electron chi connectivity index (χ2n) is 16.4. The highest BCUT2D eigenvalue weighted by molar-refractivity contribution is 7.25. The van der Waals surface area contributed by atoms with E-state index >= 15 is 0 Å². The lowest BCUT2D eigenvalue weighted by molar-refractivity contribution is 0.672. The quantitative estimate of drug-likeness (QED) is 0.175. The fraction of sp³-hybridized carbons (Fsp3) is 0. The van der Waals surface area contributed by atoms with Gasteiger partial charge in [0.1, 0.15) is 22.3 Å². The Hall–Kier alpha value is -7.86. The van der Waals surface area contributed by atoms with Crippen LogP contribution in [0, 0.1) is 0 Å². The van der Waals surface area contributed by atoms with Crippen molar-refractivity contribution in [2.45, 2.75) is 0 Å². The van der Waals surface area contributed by atoms with Gasteiger partial charge in [0.05, 0.1) is 22.1 Å². The van der Waals surface area contributed by atoms with Crippen molar-refractivity contribution in [3.8, 4) is 11.4 Å². The number of thiophene rings is 1. The maximum atomic E-state index is 6.54. The number of rotatable bonds is 2. The van der Waals surface area contributed by atoms with Crippen molar-refractivity contribution in [1.29, 1.82) is 0 Å². The summed E-state index contributed by atoms with van der Waals surface area (Å²) >= 11 is 1.86. The summed E-state index contributed by atoms with van der Waals surface area (Å²) in [7, 11) is 0. The van der Waals surface area contributed by atoms with Gasteiger partial charge in [-0.25, -0.2) is 0 Å². The van der Waals surface area contributed by atoms with Crippen LogP contribution in [0.4, 0.5) is 0 Å². The minimum Gasteiger partial charge on any atom is -0.455 e. The second kappa shape index (κ2) is 11.4. The van der Waals surface area contributed by atoms with Crippen LogP contribution in [0.2, 0.25) is 0 Å². The van der Waals surface area contributed by atoms with Gasteiger partial charge in [-0.2, -0.15) is 0 Å². The SMILES string of the molecule is c1ccc2c(c1)oc1c3cc4c(cc3ccc21)c1ccccc1n4-c1ccc2c(c1)sc1cc(-n3c4ccccc4c4cc5ccc6c7ccccc7oc6c5cc43)ccc12. The van der Waals surface area contributed by atoms with E-state index in [1.54, 1.807) is 0 Å². The summed E-state index contributed by atoms with van der Waals surface area (Å²) in [6.07, 6.45) is 0. The number of nitrogens with zero attached hydrogens (tertiary/aromatic N) is 2. The normalized spacial score (nSPS) is 12.6. The molecule has 5 heteroatoms. The summed E-state index contributed by atoms with van der Waals surface area (Å²) in [5.74, 6) is 0. The third kappa shape index (κ3) is 4.22. The molecule has 0 aliphatic rings. The van der Waals surface area contributed by atoms with Crippen molar-refractivity contribution in [3.63, 3.8) is 0 Å². The summed E-state index contributed by atoms with van der Waals surface area (Å²) in [4.78, 5) is 0. The molecule has 0 bridgehead atoms. The molecular formula is C56H30N2O2S. The predicted octanol–water partition coefficient (Wildman–Crippen LogP) is 16.4. The van der Waals surface area contributed by atoms with Crippen LogP contribution in [-0.4, -0.2) is 9.13 Å². The summed E-state index contributed by atoms with van der Waals surface area (Å²) in [6.45, 7) is 0. The first kappa shape index (κ1) is 32.0. The molecule has 0 atom stereocenters. The highest BCUT2D eigenvalue weighted by Gasteiger charge is 2.20. The minimum atomic E-state index is 0.916. The zero-order chi connectivity index (χ0) is 39.5. The lowest BCUT2D eigenvalue weighted by Crippen LogP contribution is -1.93. The highest BCUT2D eigenvalue weighted by atomic mass is 32.1. The van der Waals surface area contributed by atoms with Gasteiger partial charge in [0.2, 0.25) is 0 Å². The fourth-order valence-electron chi connectivity index (χ4n) is 10.5.